The van der Waals surface area contributed by atoms with Crippen molar-refractivity contribution in [3.63, 3.8) is 0 Å². The highest BCUT2D eigenvalue weighted by molar-refractivity contribution is 9.10. The summed E-state index contributed by atoms with van der Waals surface area (Å²) >= 11 is 4.80. The maximum Gasteiger partial charge on any atom is 0.262 e. The molecule has 0 aliphatic heterocycles. The predicted octanol–water partition coefficient (Wildman–Crippen LogP) is 5.20. The first-order chi connectivity index (χ1) is 14.1. The van der Waals surface area contributed by atoms with Crippen molar-refractivity contribution < 1.29 is 14.3 Å². The molecule has 0 aliphatic rings. The first-order valence-electron chi connectivity index (χ1n) is 8.85. The largest absolute Gasteiger partial charge is 0.484 e. The lowest BCUT2D eigenvalue weighted by Gasteiger charge is -2.09. The van der Waals surface area contributed by atoms with E-state index in [0.29, 0.717) is 11.4 Å². The van der Waals surface area contributed by atoms with Crippen molar-refractivity contribution in [2.45, 2.75) is 4.90 Å². The fraction of sp³-hybridized carbons (Fsp3) is 0.0909. The van der Waals surface area contributed by atoms with E-state index < -0.39 is 0 Å². The summed E-state index contributed by atoms with van der Waals surface area (Å²) in [6, 6.07) is 24.0. The van der Waals surface area contributed by atoms with Crippen molar-refractivity contribution >= 4 is 50.9 Å². The molecule has 0 atom stereocenters. The van der Waals surface area contributed by atoms with E-state index in [-0.39, 0.29) is 24.2 Å². The smallest absolute Gasteiger partial charge is 0.262 e. The van der Waals surface area contributed by atoms with Gasteiger partial charge >= 0.3 is 0 Å². The minimum atomic E-state index is -0.248. The molecule has 0 aromatic heterocycles. The van der Waals surface area contributed by atoms with Gasteiger partial charge in [0.05, 0.1) is 11.4 Å². The van der Waals surface area contributed by atoms with Gasteiger partial charge in [-0.3, -0.25) is 9.59 Å². The number of hydrogen-bond acceptors (Lipinski definition) is 4. The molecule has 0 unspecified atom stereocenters. The van der Waals surface area contributed by atoms with Gasteiger partial charge in [0.2, 0.25) is 5.91 Å². The van der Waals surface area contributed by atoms with Gasteiger partial charge in [-0.1, -0.05) is 36.4 Å². The van der Waals surface area contributed by atoms with Gasteiger partial charge in [0.1, 0.15) is 5.75 Å². The summed E-state index contributed by atoms with van der Waals surface area (Å²) in [6.07, 6.45) is 0. The third-order valence-electron chi connectivity index (χ3n) is 3.75. The lowest BCUT2D eigenvalue weighted by Crippen LogP contribution is -2.20. The molecule has 3 aromatic rings. The highest BCUT2D eigenvalue weighted by Crippen LogP contribution is 2.24. The van der Waals surface area contributed by atoms with E-state index >= 15 is 0 Å². The molecule has 0 radical (unpaired) electrons. The summed E-state index contributed by atoms with van der Waals surface area (Å²) in [5.41, 5.74) is 1.39. The minimum Gasteiger partial charge on any atom is -0.484 e. The Kier molecular flexibility index (Phi) is 7.72. The molecule has 5 nitrogen and oxygen atoms in total. The van der Waals surface area contributed by atoms with Gasteiger partial charge in [-0.2, -0.15) is 0 Å². The van der Waals surface area contributed by atoms with Gasteiger partial charge in [-0.05, 0) is 58.4 Å². The standard InChI is InChI=1S/C22H19BrN2O3S/c23-19-11-4-5-12-20(19)25-22(27)15-29-18-10-6-7-16(13-18)24-21(26)14-28-17-8-2-1-3-9-17/h1-13H,14-15H2,(H,24,26)(H,25,27). The summed E-state index contributed by atoms with van der Waals surface area (Å²) < 4.78 is 6.28. The molecule has 148 valence electrons. The third-order valence-corrected chi connectivity index (χ3v) is 5.43. The first-order valence-corrected chi connectivity index (χ1v) is 10.6. The number of ether oxygens (including phenoxy) is 1. The van der Waals surface area contributed by atoms with E-state index in [1.165, 1.54) is 11.8 Å². The molecular weight excluding hydrogens is 452 g/mol. The molecule has 2 amide bonds. The number of benzene rings is 3. The number of carbonyl (C=O) groups is 2. The number of thioether (sulfide) groups is 1. The number of halogens is 1. The quantitative estimate of drug-likeness (QED) is 0.444. The molecule has 0 heterocycles. The summed E-state index contributed by atoms with van der Waals surface area (Å²) in [5, 5.41) is 5.67. The summed E-state index contributed by atoms with van der Waals surface area (Å²) in [5.74, 6) is 0.550. The number of nitrogens with one attached hydrogen (secondary N) is 2. The van der Waals surface area contributed by atoms with Crippen LogP contribution in [0.5, 0.6) is 5.75 Å². The Balaban J connectivity index is 1.48. The van der Waals surface area contributed by atoms with Crippen LogP contribution in [0.25, 0.3) is 0 Å². The number of hydrogen-bond donors (Lipinski definition) is 2. The Morgan fingerprint density at radius 3 is 2.41 bits per heavy atom. The Morgan fingerprint density at radius 2 is 1.62 bits per heavy atom. The van der Waals surface area contributed by atoms with Crippen LogP contribution >= 0.6 is 27.7 Å². The Morgan fingerprint density at radius 1 is 0.862 bits per heavy atom. The van der Waals surface area contributed by atoms with Crippen LogP contribution in [0.4, 0.5) is 11.4 Å². The summed E-state index contributed by atoms with van der Waals surface area (Å²) in [6.45, 7) is -0.0737. The van der Waals surface area contributed by atoms with Crippen LogP contribution in [-0.2, 0) is 9.59 Å². The fourth-order valence-electron chi connectivity index (χ4n) is 2.42. The fourth-order valence-corrected chi connectivity index (χ4v) is 3.56. The van der Waals surface area contributed by atoms with Crippen molar-refractivity contribution in [3.05, 3.63) is 83.3 Å². The molecule has 3 aromatic carbocycles. The van der Waals surface area contributed by atoms with E-state index in [4.69, 9.17) is 4.74 Å². The molecule has 0 aliphatic carbocycles. The molecule has 29 heavy (non-hydrogen) atoms. The monoisotopic (exact) mass is 470 g/mol. The van der Waals surface area contributed by atoms with Gasteiger partial charge in [0.15, 0.2) is 6.61 Å². The van der Waals surface area contributed by atoms with Gasteiger partial charge < -0.3 is 15.4 Å². The van der Waals surface area contributed by atoms with Crippen LogP contribution in [-0.4, -0.2) is 24.2 Å². The third kappa shape index (κ3) is 6.96. The van der Waals surface area contributed by atoms with E-state index in [1.807, 2.05) is 60.7 Å². The summed E-state index contributed by atoms with van der Waals surface area (Å²) in [7, 11) is 0. The second-order valence-corrected chi connectivity index (χ2v) is 7.90. The number of carbonyl (C=O) groups excluding carboxylic acids is 2. The number of rotatable bonds is 8. The van der Waals surface area contributed by atoms with E-state index in [2.05, 4.69) is 26.6 Å². The topological polar surface area (TPSA) is 67.4 Å². The number of amides is 2. The van der Waals surface area contributed by atoms with Crippen molar-refractivity contribution in [2.75, 3.05) is 23.0 Å². The average Bonchev–Trinajstić information content (AvgIpc) is 2.73. The zero-order chi connectivity index (χ0) is 20.5. The van der Waals surface area contributed by atoms with Crippen molar-refractivity contribution in [2.24, 2.45) is 0 Å². The molecule has 3 rings (SSSR count). The van der Waals surface area contributed by atoms with Crippen LogP contribution < -0.4 is 15.4 Å². The SMILES string of the molecule is O=C(COc1ccccc1)Nc1cccc(SCC(=O)Nc2ccccc2Br)c1. The van der Waals surface area contributed by atoms with E-state index in [1.54, 1.807) is 18.2 Å². The van der Waals surface area contributed by atoms with E-state index in [9.17, 15) is 9.59 Å². The lowest BCUT2D eigenvalue weighted by atomic mass is 10.3. The Hall–Kier alpha value is -2.77. The number of anilines is 2. The minimum absolute atomic E-state index is 0.0737. The molecule has 0 fully saturated rings. The number of para-hydroxylation sites is 2. The Bertz CT molecular complexity index is 983. The van der Waals surface area contributed by atoms with Gasteiger partial charge in [-0.25, -0.2) is 0 Å². The van der Waals surface area contributed by atoms with Gasteiger partial charge in [0.25, 0.3) is 5.91 Å². The predicted molar refractivity (Wildman–Crippen MR) is 121 cm³/mol. The van der Waals surface area contributed by atoms with Crippen molar-refractivity contribution in [1.29, 1.82) is 0 Å². The first kappa shape index (κ1) is 21.0. The lowest BCUT2D eigenvalue weighted by molar-refractivity contribution is -0.118. The highest BCUT2D eigenvalue weighted by Gasteiger charge is 2.08. The molecule has 0 saturated carbocycles. The zero-order valence-electron chi connectivity index (χ0n) is 15.4. The van der Waals surface area contributed by atoms with Gasteiger partial charge in [0, 0.05) is 15.1 Å². The van der Waals surface area contributed by atoms with Crippen molar-refractivity contribution in [1.82, 2.24) is 0 Å². The maximum absolute atomic E-state index is 12.2. The zero-order valence-corrected chi connectivity index (χ0v) is 17.8. The van der Waals surface area contributed by atoms with Crippen LogP contribution in [0.2, 0.25) is 0 Å². The van der Waals surface area contributed by atoms with Crippen LogP contribution in [0.15, 0.2) is 88.2 Å². The molecule has 7 heteroatoms. The second kappa shape index (κ2) is 10.7. The normalized spacial score (nSPS) is 10.2. The van der Waals surface area contributed by atoms with Crippen LogP contribution in [0, 0.1) is 0 Å². The van der Waals surface area contributed by atoms with Crippen LogP contribution in [0.3, 0.4) is 0 Å². The van der Waals surface area contributed by atoms with E-state index in [0.717, 1.165) is 15.1 Å². The molecule has 0 spiro atoms. The van der Waals surface area contributed by atoms with Crippen molar-refractivity contribution in [3.8, 4) is 5.75 Å². The molecule has 0 saturated heterocycles. The van der Waals surface area contributed by atoms with Gasteiger partial charge in [-0.15, -0.1) is 11.8 Å². The maximum atomic E-state index is 12.2. The molecule has 0 bridgehead atoms. The Labute approximate surface area is 182 Å². The molecular formula is C22H19BrN2O3S. The summed E-state index contributed by atoms with van der Waals surface area (Å²) in [4.78, 5) is 25.2. The van der Waals surface area contributed by atoms with Crippen LogP contribution in [0.1, 0.15) is 0 Å². The average molecular weight is 471 g/mol. The molecule has 2 N–H and O–H groups in total. The highest BCUT2D eigenvalue weighted by atomic mass is 79.9. The second-order valence-electron chi connectivity index (χ2n) is 5.99.